The summed E-state index contributed by atoms with van der Waals surface area (Å²) in [5, 5.41) is 7.41. The van der Waals surface area contributed by atoms with E-state index in [1.807, 2.05) is 43.3 Å². The van der Waals surface area contributed by atoms with Crippen LogP contribution in [-0.2, 0) is 16.0 Å². The molecule has 4 fully saturated rings. The van der Waals surface area contributed by atoms with Crippen LogP contribution in [0.15, 0.2) is 24.3 Å². The monoisotopic (exact) mass is 628 g/mol. The second-order valence-electron chi connectivity index (χ2n) is 13.9. The number of piperazine rings is 1. The average molecular weight is 629 g/mol. The lowest BCUT2D eigenvalue weighted by molar-refractivity contribution is -0.136. The van der Waals surface area contributed by atoms with Crippen LogP contribution in [0.4, 0.5) is 4.79 Å². The number of hydrogen-bond donors (Lipinski definition) is 2. The Morgan fingerprint density at radius 1 is 1.00 bits per heavy atom. The van der Waals surface area contributed by atoms with E-state index in [4.69, 9.17) is 11.6 Å². The summed E-state index contributed by atoms with van der Waals surface area (Å²) in [5.74, 6) is 0.478. The van der Waals surface area contributed by atoms with Gasteiger partial charge in [0.05, 0.1) is 12.6 Å². The number of hydrogen-bond acceptors (Lipinski definition) is 5. The minimum atomic E-state index is -0.319. The number of carbonyl (C=O) groups is 3. The zero-order valence-corrected chi connectivity index (χ0v) is 27.7. The molecule has 0 spiro atoms. The van der Waals surface area contributed by atoms with Crippen molar-refractivity contribution in [3.05, 3.63) is 34.9 Å². The number of carbonyl (C=O) groups excluding carboxylic acids is 3. The highest BCUT2D eigenvalue weighted by atomic mass is 35.5. The summed E-state index contributed by atoms with van der Waals surface area (Å²) in [7, 11) is 3.70. The highest BCUT2D eigenvalue weighted by Crippen LogP contribution is 2.32. The number of piperidine rings is 1. The molecule has 44 heavy (non-hydrogen) atoms. The summed E-state index contributed by atoms with van der Waals surface area (Å²) >= 11 is 6.18. The van der Waals surface area contributed by atoms with Gasteiger partial charge in [0.1, 0.15) is 0 Å². The number of benzene rings is 1. The molecule has 1 aromatic carbocycles. The molecule has 244 valence electrons. The molecule has 9 nitrogen and oxygen atoms in total. The van der Waals surface area contributed by atoms with Gasteiger partial charge in [0.15, 0.2) is 0 Å². The van der Waals surface area contributed by atoms with Crippen molar-refractivity contribution in [1.82, 2.24) is 30.2 Å². The maximum atomic E-state index is 14.3. The van der Waals surface area contributed by atoms with Gasteiger partial charge in [-0.2, -0.15) is 0 Å². The Morgan fingerprint density at radius 3 is 2.34 bits per heavy atom. The summed E-state index contributed by atoms with van der Waals surface area (Å²) in [6, 6.07) is 8.76. The Hall–Kier alpha value is -2.36. The Kier molecular flexibility index (Phi) is 11.5. The fourth-order valence-corrected chi connectivity index (χ4v) is 8.19. The summed E-state index contributed by atoms with van der Waals surface area (Å²) in [4.78, 5) is 47.9. The van der Waals surface area contributed by atoms with E-state index in [9.17, 15) is 14.4 Å². The van der Waals surface area contributed by atoms with Gasteiger partial charge in [0.25, 0.3) is 0 Å². The number of amides is 4. The molecule has 2 N–H and O–H groups in total. The van der Waals surface area contributed by atoms with Crippen LogP contribution >= 0.6 is 11.6 Å². The van der Waals surface area contributed by atoms with E-state index in [1.54, 1.807) is 4.90 Å². The first-order valence-corrected chi connectivity index (χ1v) is 17.4. The van der Waals surface area contributed by atoms with E-state index in [2.05, 4.69) is 27.4 Å². The molecule has 2 aliphatic carbocycles. The third kappa shape index (κ3) is 8.26. The van der Waals surface area contributed by atoms with Crippen LogP contribution < -0.4 is 10.6 Å². The van der Waals surface area contributed by atoms with Crippen molar-refractivity contribution < 1.29 is 14.4 Å². The largest absolute Gasteiger partial charge is 0.354 e. The van der Waals surface area contributed by atoms with E-state index in [-0.39, 0.29) is 41.9 Å². The van der Waals surface area contributed by atoms with E-state index in [0.29, 0.717) is 43.2 Å². The number of urea groups is 1. The third-order valence-corrected chi connectivity index (χ3v) is 10.7. The molecule has 0 radical (unpaired) electrons. The summed E-state index contributed by atoms with van der Waals surface area (Å²) in [6.45, 7) is 5.68. The first-order chi connectivity index (χ1) is 21.2. The van der Waals surface area contributed by atoms with Crippen molar-refractivity contribution in [2.75, 3.05) is 46.8 Å². The fourth-order valence-electron chi connectivity index (χ4n) is 8.06. The van der Waals surface area contributed by atoms with Gasteiger partial charge in [-0.1, -0.05) is 49.9 Å². The normalized spacial score (nSPS) is 27.8. The summed E-state index contributed by atoms with van der Waals surface area (Å²) < 4.78 is 0. The van der Waals surface area contributed by atoms with Crippen molar-refractivity contribution in [3.8, 4) is 0 Å². The molecular formula is C34H53ClN6O3. The van der Waals surface area contributed by atoms with Crippen LogP contribution in [0, 0.1) is 5.92 Å². The van der Waals surface area contributed by atoms with Gasteiger partial charge < -0.3 is 25.3 Å². The quantitative estimate of drug-likeness (QED) is 0.452. The standard InChI is InChI=1S/C34H53ClN6O3/c1-24-22-40(19-17-31(24)41(34(44)38(2)3)29-7-5-4-6-8-29)33(43)30(21-25-9-11-26(35)12-10-25)37-27-13-15-28(16-14-27)39-20-18-36-32(42)23-39/h9-12,24,27-31,37H,4-8,13-23H2,1-3H3,(H,36,42)/t24?,27?,28?,30-,31?/m1/s1. The molecule has 3 atom stereocenters. The van der Waals surface area contributed by atoms with Gasteiger partial charge in [0.2, 0.25) is 11.8 Å². The van der Waals surface area contributed by atoms with Crippen molar-refractivity contribution in [1.29, 1.82) is 0 Å². The molecule has 4 amide bonds. The number of halogens is 1. The summed E-state index contributed by atoms with van der Waals surface area (Å²) in [6.07, 6.45) is 11.2. The Balaban J connectivity index is 1.24. The number of rotatable bonds is 8. The maximum absolute atomic E-state index is 14.3. The number of likely N-dealkylation sites (tertiary alicyclic amines) is 1. The molecule has 2 saturated carbocycles. The molecule has 5 rings (SSSR count). The molecule has 2 unspecified atom stereocenters. The van der Waals surface area contributed by atoms with E-state index >= 15 is 0 Å². The van der Waals surface area contributed by atoms with Crippen LogP contribution in [0.2, 0.25) is 5.02 Å². The SMILES string of the molecule is CC1CN(C(=O)[C@@H](Cc2ccc(Cl)cc2)NC2CCC(N3CCNC(=O)C3)CC2)CCC1N(C(=O)N(C)C)C1CCCCC1. The van der Waals surface area contributed by atoms with Gasteiger partial charge in [-0.15, -0.1) is 0 Å². The second kappa shape index (κ2) is 15.3. The van der Waals surface area contributed by atoms with Crippen molar-refractivity contribution in [3.63, 3.8) is 0 Å². The number of nitrogens with zero attached hydrogens (tertiary/aromatic N) is 4. The first-order valence-electron chi connectivity index (χ1n) is 17.0. The number of nitrogens with one attached hydrogen (secondary N) is 2. The lowest BCUT2D eigenvalue weighted by atomic mass is 9.87. The van der Waals surface area contributed by atoms with Crippen LogP contribution in [0.3, 0.4) is 0 Å². The Morgan fingerprint density at radius 2 is 1.70 bits per heavy atom. The Bertz CT molecular complexity index is 1120. The van der Waals surface area contributed by atoms with Gasteiger partial charge >= 0.3 is 6.03 Å². The molecule has 4 aliphatic rings. The molecule has 2 aliphatic heterocycles. The molecule has 1 aromatic rings. The molecule has 0 aromatic heterocycles. The maximum Gasteiger partial charge on any atom is 0.319 e. The zero-order chi connectivity index (χ0) is 31.2. The molecular weight excluding hydrogens is 576 g/mol. The van der Waals surface area contributed by atoms with Crippen molar-refractivity contribution >= 4 is 29.4 Å². The second-order valence-corrected chi connectivity index (χ2v) is 14.3. The Labute approximate surface area is 269 Å². The summed E-state index contributed by atoms with van der Waals surface area (Å²) in [5.41, 5.74) is 1.09. The lowest BCUT2D eigenvalue weighted by Gasteiger charge is -2.48. The highest BCUT2D eigenvalue weighted by molar-refractivity contribution is 6.30. The van der Waals surface area contributed by atoms with E-state index in [1.165, 1.54) is 19.3 Å². The van der Waals surface area contributed by atoms with Gasteiger partial charge in [0, 0.05) is 69.5 Å². The van der Waals surface area contributed by atoms with Gasteiger partial charge in [-0.05, 0) is 75.0 Å². The molecule has 10 heteroatoms. The molecule has 2 saturated heterocycles. The zero-order valence-electron chi connectivity index (χ0n) is 27.0. The van der Waals surface area contributed by atoms with E-state index in [0.717, 1.165) is 63.6 Å². The van der Waals surface area contributed by atoms with E-state index < -0.39 is 0 Å². The van der Waals surface area contributed by atoms with Crippen LogP contribution in [0.5, 0.6) is 0 Å². The predicted molar refractivity (Wildman–Crippen MR) is 175 cm³/mol. The van der Waals surface area contributed by atoms with Crippen LogP contribution in [0.1, 0.15) is 76.7 Å². The topological polar surface area (TPSA) is 88.2 Å². The van der Waals surface area contributed by atoms with Gasteiger partial charge in [-0.25, -0.2) is 4.79 Å². The highest BCUT2D eigenvalue weighted by Gasteiger charge is 2.40. The van der Waals surface area contributed by atoms with Crippen molar-refractivity contribution in [2.45, 2.75) is 108 Å². The predicted octanol–water partition coefficient (Wildman–Crippen LogP) is 4.14. The lowest BCUT2D eigenvalue weighted by Crippen LogP contribution is -2.60. The molecule has 2 heterocycles. The molecule has 0 bridgehead atoms. The fraction of sp³-hybridized carbons (Fsp3) is 0.735. The average Bonchev–Trinajstić information content (AvgIpc) is 3.03. The minimum absolute atomic E-state index is 0.108. The van der Waals surface area contributed by atoms with Crippen LogP contribution in [0.25, 0.3) is 0 Å². The van der Waals surface area contributed by atoms with Gasteiger partial charge in [-0.3, -0.25) is 14.5 Å². The van der Waals surface area contributed by atoms with Crippen molar-refractivity contribution in [2.24, 2.45) is 5.92 Å². The smallest absolute Gasteiger partial charge is 0.319 e. The van der Waals surface area contributed by atoms with Crippen LogP contribution in [-0.4, -0.2) is 114 Å². The third-order valence-electron chi connectivity index (χ3n) is 10.5. The first kappa shape index (κ1) is 33.0. The minimum Gasteiger partial charge on any atom is -0.354 e.